The molecule has 0 saturated carbocycles. The van der Waals surface area contributed by atoms with Crippen molar-refractivity contribution in [1.29, 1.82) is 0 Å². The van der Waals surface area contributed by atoms with Gasteiger partial charge in [-0.05, 0) is 30.2 Å². The van der Waals surface area contributed by atoms with E-state index in [0.29, 0.717) is 17.7 Å². The fourth-order valence-corrected chi connectivity index (χ4v) is 2.84. The van der Waals surface area contributed by atoms with Gasteiger partial charge >= 0.3 is 11.2 Å². The monoisotopic (exact) mass is 420 g/mol. The molecule has 0 aliphatic rings. The number of aryl methyl sites for hydroxylation is 1. The van der Waals surface area contributed by atoms with E-state index in [2.05, 4.69) is 15.6 Å². The number of H-pyrrole nitrogens is 1. The maximum Gasteiger partial charge on any atom is 0.334 e. The van der Waals surface area contributed by atoms with Gasteiger partial charge in [-0.3, -0.25) is 24.5 Å². The average Bonchev–Trinajstić information content (AvgIpc) is 2.77. The molecule has 0 spiro atoms. The first kappa shape index (κ1) is 21.4. The number of rotatable bonds is 7. The van der Waals surface area contributed by atoms with Crippen molar-refractivity contribution in [2.24, 2.45) is 0 Å². The van der Waals surface area contributed by atoms with Crippen LogP contribution in [-0.2, 0) is 13.1 Å². The molecule has 3 aromatic rings. The molecule has 0 saturated heterocycles. The number of carbonyl (C=O) groups excluding carboxylic acids is 2. The number of aromatic amines is 1. The Bertz CT molecular complexity index is 1190. The minimum atomic E-state index is -0.883. The van der Waals surface area contributed by atoms with Gasteiger partial charge in [-0.1, -0.05) is 42.0 Å². The van der Waals surface area contributed by atoms with Crippen LogP contribution in [0.4, 0.5) is 5.69 Å². The molecule has 158 valence electrons. The van der Waals surface area contributed by atoms with Crippen molar-refractivity contribution in [2.75, 3.05) is 0 Å². The van der Waals surface area contributed by atoms with E-state index in [1.807, 2.05) is 31.2 Å². The van der Waals surface area contributed by atoms with E-state index >= 15 is 0 Å². The van der Waals surface area contributed by atoms with Gasteiger partial charge in [0.25, 0.3) is 11.8 Å². The van der Waals surface area contributed by atoms with Crippen LogP contribution in [0.25, 0.3) is 0 Å². The normalized spacial score (nSPS) is 10.4. The number of nitrogens with zero attached hydrogens (tertiary/aromatic N) is 1. The van der Waals surface area contributed by atoms with Gasteiger partial charge in [0.05, 0.1) is 10.5 Å². The summed E-state index contributed by atoms with van der Waals surface area (Å²) in [6.07, 6.45) is 1.11. The van der Waals surface area contributed by atoms with E-state index in [9.17, 15) is 24.5 Å². The zero-order valence-corrected chi connectivity index (χ0v) is 16.7. The van der Waals surface area contributed by atoms with Crippen LogP contribution in [0, 0.1) is 17.0 Å². The first-order chi connectivity index (χ1) is 14.8. The number of hydrogen-bond acceptors (Lipinski definition) is 5. The summed E-state index contributed by atoms with van der Waals surface area (Å²) in [5.74, 6) is -0.835. The van der Waals surface area contributed by atoms with E-state index < -0.39 is 22.1 Å². The quantitative estimate of drug-likeness (QED) is 0.399. The molecular weight excluding hydrogens is 400 g/mol. The van der Waals surface area contributed by atoms with Gasteiger partial charge in [-0.25, -0.2) is 0 Å². The minimum Gasteiger partial charge on any atom is -0.348 e. The molecule has 2 amide bonds. The Labute approximate surface area is 177 Å². The summed E-state index contributed by atoms with van der Waals surface area (Å²) < 4.78 is 0. The summed E-state index contributed by atoms with van der Waals surface area (Å²) in [4.78, 5) is 48.3. The van der Waals surface area contributed by atoms with Crippen molar-refractivity contribution >= 4 is 17.5 Å². The van der Waals surface area contributed by atoms with Gasteiger partial charge < -0.3 is 15.6 Å². The van der Waals surface area contributed by atoms with Crippen LogP contribution in [0.1, 0.15) is 37.4 Å². The highest BCUT2D eigenvalue weighted by Crippen LogP contribution is 2.09. The minimum absolute atomic E-state index is 0.0432. The van der Waals surface area contributed by atoms with Gasteiger partial charge in [0.2, 0.25) is 0 Å². The lowest BCUT2D eigenvalue weighted by Gasteiger charge is -2.09. The molecule has 3 N–H and O–H groups in total. The van der Waals surface area contributed by atoms with Crippen LogP contribution in [0.15, 0.2) is 65.6 Å². The summed E-state index contributed by atoms with van der Waals surface area (Å²) in [7, 11) is 0. The molecule has 2 aromatic carbocycles. The highest BCUT2D eigenvalue weighted by atomic mass is 16.6. The van der Waals surface area contributed by atoms with Crippen molar-refractivity contribution in [2.45, 2.75) is 20.0 Å². The SMILES string of the molecule is Cc1ccc(CNC(=O)c2cccc(CNC(=O)c3c[nH]c(=O)c([N+](=O)[O-])c3)c2)cc1. The second-order valence-corrected chi connectivity index (χ2v) is 6.91. The summed E-state index contributed by atoms with van der Waals surface area (Å²) in [6.45, 7) is 2.49. The fourth-order valence-electron chi connectivity index (χ4n) is 2.84. The van der Waals surface area contributed by atoms with E-state index in [0.717, 1.165) is 23.4 Å². The molecule has 31 heavy (non-hydrogen) atoms. The van der Waals surface area contributed by atoms with Crippen molar-refractivity contribution in [3.63, 3.8) is 0 Å². The zero-order valence-electron chi connectivity index (χ0n) is 16.7. The van der Waals surface area contributed by atoms with E-state index in [4.69, 9.17) is 0 Å². The molecule has 0 fully saturated rings. The van der Waals surface area contributed by atoms with Crippen LogP contribution >= 0.6 is 0 Å². The third-order valence-corrected chi connectivity index (χ3v) is 4.56. The van der Waals surface area contributed by atoms with Crippen molar-refractivity contribution in [3.05, 3.63) is 109 Å². The maximum absolute atomic E-state index is 12.4. The topological polar surface area (TPSA) is 134 Å². The van der Waals surface area contributed by atoms with E-state index in [-0.39, 0.29) is 18.0 Å². The molecule has 3 rings (SSSR count). The number of nitro groups is 1. The number of aromatic nitrogens is 1. The highest BCUT2D eigenvalue weighted by molar-refractivity contribution is 5.95. The van der Waals surface area contributed by atoms with Gasteiger partial charge in [-0.15, -0.1) is 0 Å². The van der Waals surface area contributed by atoms with Gasteiger partial charge in [-0.2, -0.15) is 0 Å². The van der Waals surface area contributed by atoms with Crippen molar-refractivity contribution in [3.8, 4) is 0 Å². The van der Waals surface area contributed by atoms with Crippen LogP contribution in [0.2, 0.25) is 0 Å². The highest BCUT2D eigenvalue weighted by Gasteiger charge is 2.16. The molecule has 0 bridgehead atoms. The van der Waals surface area contributed by atoms with Crippen LogP contribution in [-0.4, -0.2) is 21.7 Å². The number of amides is 2. The lowest BCUT2D eigenvalue weighted by Crippen LogP contribution is -2.25. The van der Waals surface area contributed by atoms with Crippen molar-refractivity contribution < 1.29 is 14.5 Å². The molecule has 9 nitrogen and oxygen atoms in total. The Morgan fingerprint density at radius 3 is 2.26 bits per heavy atom. The second-order valence-electron chi connectivity index (χ2n) is 6.91. The molecule has 9 heteroatoms. The summed E-state index contributed by atoms with van der Waals surface area (Å²) in [5, 5.41) is 16.3. The van der Waals surface area contributed by atoms with Crippen LogP contribution < -0.4 is 16.2 Å². The zero-order chi connectivity index (χ0) is 22.4. The summed E-state index contributed by atoms with van der Waals surface area (Å²) >= 11 is 0. The largest absolute Gasteiger partial charge is 0.348 e. The van der Waals surface area contributed by atoms with E-state index in [1.54, 1.807) is 24.3 Å². The molecular formula is C22H20N4O5. The van der Waals surface area contributed by atoms with Crippen LogP contribution in [0.5, 0.6) is 0 Å². The molecule has 1 heterocycles. The lowest BCUT2D eigenvalue weighted by atomic mass is 10.1. The maximum atomic E-state index is 12.4. The number of hydrogen-bond donors (Lipinski definition) is 3. The third-order valence-electron chi connectivity index (χ3n) is 4.56. The molecule has 0 aliphatic heterocycles. The first-order valence-corrected chi connectivity index (χ1v) is 9.41. The molecule has 0 aliphatic carbocycles. The van der Waals surface area contributed by atoms with Crippen LogP contribution in [0.3, 0.4) is 0 Å². The Hall–Kier alpha value is -4.27. The Morgan fingerprint density at radius 2 is 1.58 bits per heavy atom. The Morgan fingerprint density at radius 1 is 0.935 bits per heavy atom. The smallest absolute Gasteiger partial charge is 0.334 e. The summed E-state index contributed by atoms with van der Waals surface area (Å²) in [6, 6.07) is 15.5. The average molecular weight is 420 g/mol. The number of pyridine rings is 1. The molecule has 0 atom stereocenters. The third kappa shape index (κ3) is 5.63. The Kier molecular flexibility index (Phi) is 6.56. The fraction of sp³-hybridized carbons (Fsp3) is 0.136. The van der Waals surface area contributed by atoms with Crippen molar-refractivity contribution in [1.82, 2.24) is 15.6 Å². The Balaban J connectivity index is 1.61. The lowest BCUT2D eigenvalue weighted by molar-refractivity contribution is -0.386. The number of nitrogens with one attached hydrogen (secondary N) is 3. The predicted molar refractivity (Wildman–Crippen MR) is 114 cm³/mol. The van der Waals surface area contributed by atoms with Gasteiger partial charge in [0.1, 0.15) is 0 Å². The summed E-state index contributed by atoms with van der Waals surface area (Å²) in [5.41, 5.74) is 1.61. The molecule has 0 radical (unpaired) electrons. The van der Waals surface area contributed by atoms with E-state index in [1.165, 1.54) is 0 Å². The first-order valence-electron chi connectivity index (χ1n) is 9.41. The number of carbonyl (C=O) groups is 2. The van der Waals surface area contributed by atoms with Gasteiger partial charge in [0, 0.05) is 30.9 Å². The predicted octanol–water partition coefficient (Wildman–Crippen LogP) is 2.45. The molecule has 1 aromatic heterocycles. The number of benzene rings is 2. The van der Waals surface area contributed by atoms with Gasteiger partial charge in [0.15, 0.2) is 0 Å². The standard InChI is InChI=1S/C22H20N4O5/c1-14-5-7-15(8-6-14)11-23-20(27)17-4-2-3-16(9-17)12-24-21(28)18-10-19(26(30)31)22(29)25-13-18/h2-10,13H,11-12H2,1H3,(H,23,27)(H,24,28)(H,25,29). The molecule has 0 unspecified atom stereocenters. The second kappa shape index (κ2) is 9.49.